The third kappa shape index (κ3) is 2.65. The van der Waals surface area contributed by atoms with Crippen LogP contribution >= 0.6 is 15.9 Å². The molecule has 0 spiro atoms. The van der Waals surface area contributed by atoms with Gasteiger partial charge < -0.3 is 5.32 Å². The van der Waals surface area contributed by atoms with E-state index in [1.807, 2.05) is 66.7 Å². The van der Waals surface area contributed by atoms with Crippen molar-refractivity contribution in [2.24, 2.45) is 0 Å². The Labute approximate surface area is 147 Å². The number of rotatable bonds is 2. The molecule has 0 radical (unpaired) electrons. The summed E-state index contributed by atoms with van der Waals surface area (Å²) in [5.41, 5.74) is 2.09. The molecule has 1 N–H and O–H groups in total. The second-order valence-electron chi connectivity index (χ2n) is 5.51. The molecule has 1 amide bonds. The van der Waals surface area contributed by atoms with E-state index in [9.17, 15) is 4.79 Å². The van der Waals surface area contributed by atoms with Gasteiger partial charge in [0.1, 0.15) is 0 Å². The van der Waals surface area contributed by atoms with Crippen LogP contribution in [0.2, 0.25) is 0 Å². The van der Waals surface area contributed by atoms with E-state index in [2.05, 4.69) is 26.2 Å². The molecule has 1 aromatic heterocycles. The second-order valence-corrected chi connectivity index (χ2v) is 6.36. The van der Waals surface area contributed by atoms with Gasteiger partial charge in [0.2, 0.25) is 0 Å². The predicted molar refractivity (Wildman–Crippen MR) is 101 cm³/mol. The summed E-state index contributed by atoms with van der Waals surface area (Å²) in [4.78, 5) is 17.0. The number of anilines is 1. The van der Waals surface area contributed by atoms with Crippen LogP contribution < -0.4 is 5.32 Å². The van der Waals surface area contributed by atoms with Gasteiger partial charge in [0.15, 0.2) is 0 Å². The van der Waals surface area contributed by atoms with Crippen molar-refractivity contribution < 1.29 is 4.79 Å². The molecular weight excluding hydrogens is 364 g/mol. The van der Waals surface area contributed by atoms with Gasteiger partial charge in [-0.25, -0.2) is 0 Å². The van der Waals surface area contributed by atoms with Crippen LogP contribution in [0.15, 0.2) is 77.4 Å². The molecule has 0 atom stereocenters. The van der Waals surface area contributed by atoms with Crippen LogP contribution in [0.1, 0.15) is 10.4 Å². The van der Waals surface area contributed by atoms with E-state index in [-0.39, 0.29) is 5.91 Å². The van der Waals surface area contributed by atoms with Crippen molar-refractivity contribution in [2.45, 2.75) is 0 Å². The van der Waals surface area contributed by atoms with Crippen molar-refractivity contribution >= 4 is 49.2 Å². The third-order valence-corrected chi connectivity index (χ3v) is 4.67. The number of amides is 1. The highest BCUT2D eigenvalue weighted by Crippen LogP contribution is 2.28. The van der Waals surface area contributed by atoms with Crippen LogP contribution in [-0.4, -0.2) is 10.9 Å². The van der Waals surface area contributed by atoms with Gasteiger partial charge in [-0.15, -0.1) is 0 Å². The first-order chi connectivity index (χ1) is 11.7. The lowest BCUT2D eigenvalue weighted by Crippen LogP contribution is -2.12. The van der Waals surface area contributed by atoms with Crippen LogP contribution in [0.25, 0.3) is 21.7 Å². The van der Waals surface area contributed by atoms with Gasteiger partial charge in [-0.2, -0.15) is 0 Å². The maximum atomic E-state index is 12.6. The molecule has 1 heterocycles. The molecule has 0 saturated heterocycles. The lowest BCUT2D eigenvalue weighted by molar-refractivity contribution is 0.102. The number of carbonyl (C=O) groups is 1. The number of halogens is 1. The van der Waals surface area contributed by atoms with Gasteiger partial charge >= 0.3 is 0 Å². The van der Waals surface area contributed by atoms with Gasteiger partial charge in [-0.05, 0) is 41.1 Å². The van der Waals surface area contributed by atoms with Crippen molar-refractivity contribution in [3.05, 3.63) is 83.0 Å². The van der Waals surface area contributed by atoms with Crippen LogP contribution in [-0.2, 0) is 0 Å². The molecule has 0 saturated carbocycles. The van der Waals surface area contributed by atoms with Gasteiger partial charge in [-0.1, -0.05) is 52.3 Å². The lowest BCUT2D eigenvalue weighted by atomic mass is 10.1. The maximum absolute atomic E-state index is 12.6. The number of carbonyl (C=O) groups excluding carboxylic acids is 1. The number of benzene rings is 3. The first-order valence-corrected chi connectivity index (χ1v) is 8.35. The zero-order valence-corrected chi connectivity index (χ0v) is 14.2. The predicted octanol–water partition coefficient (Wildman–Crippen LogP) is 5.40. The fraction of sp³-hybridized carbons (Fsp3) is 0. The molecule has 0 bridgehead atoms. The zero-order valence-electron chi connectivity index (χ0n) is 12.7. The van der Waals surface area contributed by atoms with E-state index in [1.165, 1.54) is 0 Å². The number of hydrogen-bond donors (Lipinski definition) is 1. The van der Waals surface area contributed by atoms with Crippen molar-refractivity contribution in [3.8, 4) is 0 Å². The summed E-state index contributed by atoms with van der Waals surface area (Å²) in [6, 6.07) is 21.3. The van der Waals surface area contributed by atoms with E-state index in [4.69, 9.17) is 0 Å². The summed E-state index contributed by atoms with van der Waals surface area (Å²) in [7, 11) is 0. The van der Waals surface area contributed by atoms with Crippen LogP contribution in [0.3, 0.4) is 0 Å². The zero-order chi connectivity index (χ0) is 16.5. The maximum Gasteiger partial charge on any atom is 0.255 e. The summed E-state index contributed by atoms with van der Waals surface area (Å²) < 4.78 is 0.953. The summed E-state index contributed by atoms with van der Waals surface area (Å²) in [6.07, 6.45) is 1.72. The average molecular weight is 377 g/mol. The minimum absolute atomic E-state index is 0.143. The molecule has 3 nitrogen and oxygen atoms in total. The van der Waals surface area contributed by atoms with E-state index < -0.39 is 0 Å². The monoisotopic (exact) mass is 376 g/mol. The Balaban J connectivity index is 1.72. The van der Waals surface area contributed by atoms with Crippen LogP contribution in [0, 0.1) is 0 Å². The molecule has 116 valence electrons. The molecule has 24 heavy (non-hydrogen) atoms. The Morgan fingerprint density at radius 3 is 2.62 bits per heavy atom. The Kier molecular flexibility index (Phi) is 3.75. The highest BCUT2D eigenvalue weighted by atomic mass is 79.9. The van der Waals surface area contributed by atoms with E-state index in [0.717, 1.165) is 26.1 Å². The quantitative estimate of drug-likeness (QED) is 0.508. The number of nitrogens with one attached hydrogen (secondary N) is 1. The highest BCUT2D eigenvalue weighted by molar-refractivity contribution is 9.10. The van der Waals surface area contributed by atoms with Crippen molar-refractivity contribution in [2.75, 3.05) is 5.32 Å². The smallest absolute Gasteiger partial charge is 0.255 e. The third-order valence-electron chi connectivity index (χ3n) is 3.98. The molecule has 3 aromatic carbocycles. The fourth-order valence-corrected chi connectivity index (χ4v) is 3.22. The summed E-state index contributed by atoms with van der Waals surface area (Å²) in [5, 5.41) is 6.10. The SMILES string of the molecule is O=C(Nc1ccc(Br)c2cccnc12)c1ccc2ccccc2c1. The highest BCUT2D eigenvalue weighted by Gasteiger charge is 2.11. The molecule has 0 unspecified atom stereocenters. The van der Waals surface area contributed by atoms with E-state index >= 15 is 0 Å². The topological polar surface area (TPSA) is 42.0 Å². The van der Waals surface area contributed by atoms with Crippen LogP contribution in [0.4, 0.5) is 5.69 Å². The number of nitrogens with zero attached hydrogens (tertiary/aromatic N) is 1. The first kappa shape index (κ1) is 14.8. The van der Waals surface area contributed by atoms with Gasteiger partial charge in [0.05, 0.1) is 11.2 Å². The molecule has 0 aliphatic rings. The number of hydrogen-bond acceptors (Lipinski definition) is 2. The van der Waals surface area contributed by atoms with Crippen molar-refractivity contribution in [1.82, 2.24) is 4.98 Å². The van der Waals surface area contributed by atoms with Crippen molar-refractivity contribution in [1.29, 1.82) is 0 Å². The molecule has 4 aromatic rings. The van der Waals surface area contributed by atoms with Crippen LogP contribution in [0.5, 0.6) is 0 Å². The number of fused-ring (bicyclic) bond motifs is 2. The summed E-state index contributed by atoms with van der Waals surface area (Å²) in [5.74, 6) is -0.143. The molecular formula is C20H13BrN2O. The lowest BCUT2D eigenvalue weighted by Gasteiger charge is -2.10. The Hall–Kier alpha value is -2.72. The fourth-order valence-electron chi connectivity index (χ4n) is 2.76. The molecule has 4 heteroatoms. The second kappa shape index (κ2) is 6.06. The van der Waals surface area contributed by atoms with E-state index in [0.29, 0.717) is 11.3 Å². The molecule has 0 fully saturated rings. The number of pyridine rings is 1. The van der Waals surface area contributed by atoms with E-state index in [1.54, 1.807) is 6.20 Å². The Morgan fingerprint density at radius 2 is 1.75 bits per heavy atom. The van der Waals surface area contributed by atoms with Gasteiger partial charge in [0, 0.05) is 21.6 Å². The molecule has 0 aliphatic carbocycles. The minimum atomic E-state index is -0.143. The Bertz CT molecular complexity index is 1080. The minimum Gasteiger partial charge on any atom is -0.320 e. The van der Waals surface area contributed by atoms with Gasteiger partial charge in [-0.3, -0.25) is 9.78 Å². The largest absolute Gasteiger partial charge is 0.320 e. The van der Waals surface area contributed by atoms with Crippen molar-refractivity contribution in [3.63, 3.8) is 0 Å². The molecule has 0 aliphatic heterocycles. The Morgan fingerprint density at radius 1 is 0.917 bits per heavy atom. The summed E-state index contributed by atoms with van der Waals surface area (Å²) >= 11 is 3.52. The summed E-state index contributed by atoms with van der Waals surface area (Å²) in [6.45, 7) is 0. The number of aromatic nitrogens is 1. The average Bonchev–Trinajstić information content (AvgIpc) is 2.64. The normalized spacial score (nSPS) is 10.9. The first-order valence-electron chi connectivity index (χ1n) is 7.56. The standard InChI is InChI=1S/C20H13BrN2O/c21-17-9-10-18(19-16(17)6-3-11-22-19)23-20(24)15-8-7-13-4-1-2-5-14(13)12-15/h1-12H,(H,23,24). The molecule has 4 rings (SSSR count). The van der Waals surface area contributed by atoms with Gasteiger partial charge in [0.25, 0.3) is 5.91 Å².